The molecule has 0 amide bonds. The number of hydrogen-bond donors (Lipinski definition) is 0. The number of imidazole rings is 2. The summed E-state index contributed by atoms with van der Waals surface area (Å²) in [7, 11) is 0. The minimum absolute atomic E-state index is 0.0788. The molecule has 0 saturated heterocycles. The van der Waals surface area contributed by atoms with E-state index in [1.165, 1.54) is 49.1 Å². The Hall–Kier alpha value is -4.48. The smallest absolute Gasteiger partial charge is 0.274 e. The lowest BCUT2D eigenvalue weighted by atomic mass is 10.2. The van der Waals surface area contributed by atoms with E-state index in [2.05, 4.69) is 9.97 Å². The van der Waals surface area contributed by atoms with Crippen molar-refractivity contribution in [1.29, 1.82) is 0 Å². The highest BCUT2D eigenvalue weighted by Gasteiger charge is 2.21. The highest BCUT2D eigenvalue weighted by Crippen LogP contribution is 2.25. The molecule has 0 bridgehead atoms. The summed E-state index contributed by atoms with van der Waals surface area (Å²) in [5.41, 5.74) is 0.254. The Morgan fingerprint density at radius 3 is 1.53 bits per heavy atom. The fourth-order valence-electron chi connectivity index (χ4n) is 3.19. The van der Waals surface area contributed by atoms with Crippen LogP contribution in [0.25, 0.3) is 22.1 Å². The summed E-state index contributed by atoms with van der Waals surface area (Å²) >= 11 is 0. The zero-order valence-corrected chi connectivity index (χ0v) is 15.2. The van der Waals surface area contributed by atoms with Gasteiger partial charge in [-0.05, 0) is 12.1 Å². The molecule has 0 aliphatic rings. The first-order valence-electron chi connectivity index (χ1n) is 8.66. The Morgan fingerprint density at radius 2 is 1.17 bits per heavy atom. The van der Waals surface area contributed by atoms with E-state index in [0.717, 1.165) is 9.13 Å². The van der Waals surface area contributed by atoms with E-state index in [0.29, 0.717) is 0 Å². The maximum Gasteiger partial charge on any atom is 0.297 e. The van der Waals surface area contributed by atoms with Gasteiger partial charge in [-0.3, -0.25) is 39.0 Å². The molecule has 0 saturated carbocycles. The molecule has 0 fully saturated rings. The van der Waals surface area contributed by atoms with Crippen molar-refractivity contribution in [1.82, 2.24) is 19.1 Å². The first kappa shape index (κ1) is 18.9. The molecule has 30 heavy (non-hydrogen) atoms. The third kappa shape index (κ3) is 3.05. The first-order valence-corrected chi connectivity index (χ1v) is 8.66. The molecular weight excluding hydrogens is 396 g/mol. The van der Waals surface area contributed by atoms with Gasteiger partial charge < -0.3 is 0 Å². The molecule has 4 rings (SSSR count). The zero-order valence-electron chi connectivity index (χ0n) is 15.2. The SMILES string of the molecule is O=C(CCC(=O)n1cnc2c([N+](=O)[O-])cccc21)n1cnc2c([N+](=O)[O-])cccc21. The van der Waals surface area contributed by atoms with Gasteiger partial charge in [0.2, 0.25) is 11.8 Å². The predicted octanol–water partition coefficient (Wildman–Crippen LogP) is 2.96. The number of benzene rings is 2. The highest BCUT2D eigenvalue weighted by atomic mass is 16.6. The van der Waals surface area contributed by atoms with E-state index < -0.39 is 21.7 Å². The summed E-state index contributed by atoms with van der Waals surface area (Å²) in [4.78, 5) is 54.0. The molecule has 0 aliphatic carbocycles. The number of nitro groups is 2. The number of hydrogen-bond acceptors (Lipinski definition) is 8. The number of para-hydroxylation sites is 2. The zero-order chi connectivity index (χ0) is 21.4. The van der Waals surface area contributed by atoms with Crippen molar-refractivity contribution < 1.29 is 19.4 Å². The van der Waals surface area contributed by atoms with Gasteiger partial charge in [-0.15, -0.1) is 0 Å². The van der Waals surface area contributed by atoms with E-state index in [-0.39, 0.29) is 46.3 Å². The number of rotatable bonds is 5. The van der Waals surface area contributed by atoms with Crippen LogP contribution in [0.4, 0.5) is 11.4 Å². The van der Waals surface area contributed by atoms with Crippen LogP contribution in [0.1, 0.15) is 22.4 Å². The Bertz CT molecular complexity index is 1250. The van der Waals surface area contributed by atoms with Crippen molar-refractivity contribution >= 4 is 45.3 Å². The van der Waals surface area contributed by atoms with Crippen molar-refractivity contribution in [2.45, 2.75) is 12.8 Å². The lowest BCUT2D eigenvalue weighted by Gasteiger charge is -2.05. The number of nitrogens with zero attached hydrogens (tertiary/aromatic N) is 6. The molecule has 0 spiro atoms. The van der Waals surface area contributed by atoms with Crippen LogP contribution >= 0.6 is 0 Å². The van der Waals surface area contributed by atoms with Crippen LogP contribution in [0.15, 0.2) is 49.1 Å². The topological polar surface area (TPSA) is 156 Å². The fraction of sp³-hybridized carbons (Fsp3) is 0.111. The number of carbonyl (C=O) groups is 2. The third-order valence-corrected chi connectivity index (χ3v) is 4.59. The molecule has 2 aromatic heterocycles. The summed E-state index contributed by atoms with van der Waals surface area (Å²) in [6.45, 7) is 0. The van der Waals surface area contributed by atoms with Crippen molar-refractivity contribution in [3.63, 3.8) is 0 Å². The Labute approximate surface area is 166 Å². The second kappa shape index (κ2) is 7.16. The maximum absolute atomic E-state index is 12.6. The molecule has 0 radical (unpaired) electrons. The van der Waals surface area contributed by atoms with Crippen LogP contribution in [0.3, 0.4) is 0 Å². The fourth-order valence-corrected chi connectivity index (χ4v) is 3.19. The second-order valence-corrected chi connectivity index (χ2v) is 6.32. The standard InChI is InChI=1S/C18H12N6O6/c25-15(21-9-19-17-11(21)3-1-5-13(17)23(27)28)7-8-16(26)22-10-20-18-12(22)4-2-6-14(18)24(29)30/h1-6,9-10H,7-8H2. The van der Waals surface area contributed by atoms with Gasteiger partial charge in [0, 0.05) is 25.0 Å². The monoisotopic (exact) mass is 408 g/mol. The van der Waals surface area contributed by atoms with Gasteiger partial charge in [0.1, 0.15) is 12.7 Å². The number of nitro benzene ring substituents is 2. The van der Waals surface area contributed by atoms with Gasteiger partial charge in [0.15, 0.2) is 11.0 Å². The molecule has 0 unspecified atom stereocenters. The Kier molecular flexibility index (Phi) is 4.50. The molecule has 12 heteroatoms. The minimum atomic E-state index is -0.586. The molecule has 4 aromatic rings. The summed E-state index contributed by atoms with van der Waals surface area (Å²) in [6.07, 6.45) is 1.98. The van der Waals surface area contributed by atoms with Gasteiger partial charge in [0.05, 0.1) is 20.9 Å². The lowest BCUT2D eigenvalue weighted by molar-refractivity contribution is -0.383. The van der Waals surface area contributed by atoms with Crippen LogP contribution in [-0.4, -0.2) is 40.8 Å². The van der Waals surface area contributed by atoms with E-state index in [9.17, 15) is 29.8 Å². The molecular formula is C18H12N6O6. The van der Waals surface area contributed by atoms with Crippen molar-refractivity contribution in [2.24, 2.45) is 0 Å². The quantitative estimate of drug-likeness (QED) is 0.360. The van der Waals surface area contributed by atoms with Crippen LogP contribution in [0.5, 0.6) is 0 Å². The summed E-state index contributed by atoms with van der Waals surface area (Å²) in [5, 5.41) is 22.2. The van der Waals surface area contributed by atoms with Crippen LogP contribution in [0.2, 0.25) is 0 Å². The van der Waals surface area contributed by atoms with E-state index in [1.54, 1.807) is 0 Å². The van der Waals surface area contributed by atoms with Gasteiger partial charge in [-0.2, -0.15) is 0 Å². The van der Waals surface area contributed by atoms with Crippen molar-refractivity contribution in [3.8, 4) is 0 Å². The minimum Gasteiger partial charge on any atom is -0.274 e. The Balaban J connectivity index is 1.56. The third-order valence-electron chi connectivity index (χ3n) is 4.59. The summed E-state index contributed by atoms with van der Waals surface area (Å²) in [6, 6.07) is 8.52. The molecule has 12 nitrogen and oxygen atoms in total. The first-order chi connectivity index (χ1) is 14.4. The summed E-state index contributed by atoms with van der Waals surface area (Å²) < 4.78 is 2.32. The number of aromatic nitrogens is 4. The summed E-state index contributed by atoms with van der Waals surface area (Å²) in [5.74, 6) is -0.941. The van der Waals surface area contributed by atoms with Crippen LogP contribution in [-0.2, 0) is 0 Å². The molecule has 0 N–H and O–H groups in total. The average molecular weight is 408 g/mol. The normalized spacial score (nSPS) is 11.1. The molecule has 2 aromatic carbocycles. The number of carbonyl (C=O) groups excluding carboxylic acids is 2. The van der Waals surface area contributed by atoms with Crippen LogP contribution < -0.4 is 0 Å². The molecule has 0 atom stereocenters. The number of non-ortho nitro benzene ring substituents is 2. The molecule has 0 aliphatic heterocycles. The van der Waals surface area contributed by atoms with E-state index in [4.69, 9.17) is 0 Å². The van der Waals surface area contributed by atoms with Gasteiger partial charge in [-0.25, -0.2) is 9.97 Å². The lowest BCUT2D eigenvalue weighted by Crippen LogP contribution is -2.15. The van der Waals surface area contributed by atoms with Crippen molar-refractivity contribution in [3.05, 3.63) is 69.3 Å². The van der Waals surface area contributed by atoms with Gasteiger partial charge in [0.25, 0.3) is 11.4 Å². The van der Waals surface area contributed by atoms with Crippen molar-refractivity contribution in [2.75, 3.05) is 0 Å². The van der Waals surface area contributed by atoms with Gasteiger partial charge >= 0.3 is 0 Å². The van der Waals surface area contributed by atoms with Crippen LogP contribution in [0, 0.1) is 20.2 Å². The van der Waals surface area contributed by atoms with E-state index in [1.807, 2.05) is 0 Å². The molecule has 150 valence electrons. The van der Waals surface area contributed by atoms with E-state index >= 15 is 0 Å². The Morgan fingerprint density at radius 1 is 0.767 bits per heavy atom. The van der Waals surface area contributed by atoms with Gasteiger partial charge in [-0.1, -0.05) is 12.1 Å². The average Bonchev–Trinajstić information content (AvgIpc) is 3.35. The highest BCUT2D eigenvalue weighted by molar-refractivity contribution is 5.97. The molecule has 2 heterocycles. The number of fused-ring (bicyclic) bond motifs is 2. The predicted molar refractivity (Wildman–Crippen MR) is 103 cm³/mol. The second-order valence-electron chi connectivity index (χ2n) is 6.32. The maximum atomic E-state index is 12.6. The largest absolute Gasteiger partial charge is 0.297 e.